The van der Waals surface area contributed by atoms with Crippen LogP contribution in [0.25, 0.3) is 0 Å². The molecule has 0 saturated heterocycles. The van der Waals surface area contributed by atoms with E-state index in [0.29, 0.717) is 5.02 Å². The first-order valence-corrected chi connectivity index (χ1v) is 6.08. The van der Waals surface area contributed by atoms with Crippen molar-refractivity contribution in [1.82, 2.24) is 9.97 Å². The number of hydrogen-bond acceptors (Lipinski definition) is 4. The van der Waals surface area contributed by atoms with Gasteiger partial charge in [0.2, 0.25) is 0 Å². The fraction of sp³-hybridized carbons (Fsp3) is 0. The number of aromatic nitrogens is 2. The van der Waals surface area contributed by atoms with E-state index in [1.807, 2.05) is 0 Å². The van der Waals surface area contributed by atoms with Crippen LogP contribution in [0.4, 0.5) is 5.69 Å². The number of nitrogens with one attached hydrogen (secondary N) is 1. The molecule has 1 aromatic heterocycles. The molecule has 1 heterocycles. The Kier molecular flexibility index (Phi) is 4.09. The third-order valence-corrected chi connectivity index (χ3v) is 3.01. The third kappa shape index (κ3) is 3.07. The highest BCUT2D eigenvalue weighted by atomic mass is 35.5. The number of anilines is 1. The van der Waals surface area contributed by atoms with Crippen molar-refractivity contribution in [2.45, 2.75) is 0 Å². The smallest absolute Gasteiger partial charge is 0.259 e. The molecule has 0 aliphatic heterocycles. The second-order valence-electron chi connectivity index (χ2n) is 3.45. The van der Waals surface area contributed by atoms with Crippen molar-refractivity contribution in [3.05, 3.63) is 45.4 Å². The summed E-state index contributed by atoms with van der Waals surface area (Å²) in [5, 5.41) is 12.4. The van der Waals surface area contributed by atoms with Gasteiger partial charge in [0.1, 0.15) is 17.8 Å². The van der Waals surface area contributed by atoms with Gasteiger partial charge in [0.15, 0.2) is 10.3 Å². The van der Waals surface area contributed by atoms with Crippen LogP contribution in [0.15, 0.2) is 24.5 Å². The minimum atomic E-state index is -0.604. The molecule has 1 amide bonds. The van der Waals surface area contributed by atoms with Crippen LogP contribution < -0.4 is 5.32 Å². The van der Waals surface area contributed by atoms with Crippen LogP contribution >= 0.6 is 34.8 Å². The first-order valence-electron chi connectivity index (χ1n) is 4.95. The topological polar surface area (TPSA) is 75.1 Å². The molecule has 0 radical (unpaired) electrons. The van der Waals surface area contributed by atoms with Gasteiger partial charge in [-0.25, -0.2) is 9.97 Å². The van der Waals surface area contributed by atoms with E-state index in [-0.39, 0.29) is 27.3 Å². The number of rotatable bonds is 2. The lowest BCUT2D eigenvalue weighted by Crippen LogP contribution is -2.13. The molecule has 0 unspecified atom stereocenters. The summed E-state index contributed by atoms with van der Waals surface area (Å²) in [7, 11) is 0. The number of hydrogen-bond donors (Lipinski definition) is 2. The first kappa shape index (κ1) is 13.9. The Labute approximate surface area is 123 Å². The standard InChI is InChI=1S/C11H6Cl3N3O2/c12-5-1-2-6(7(18)3-5)11(19)17-8-9(13)15-4-16-10(8)14/h1-4,18H,(H,17,19). The summed E-state index contributed by atoms with van der Waals surface area (Å²) in [6.07, 6.45) is 1.17. The van der Waals surface area contributed by atoms with Crippen molar-refractivity contribution in [3.8, 4) is 5.75 Å². The van der Waals surface area contributed by atoms with E-state index in [2.05, 4.69) is 15.3 Å². The number of benzene rings is 1. The highest BCUT2D eigenvalue weighted by Crippen LogP contribution is 2.28. The van der Waals surface area contributed by atoms with Gasteiger partial charge in [-0.05, 0) is 18.2 Å². The summed E-state index contributed by atoms with van der Waals surface area (Å²) in [4.78, 5) is 19.4. The highest BCUT2D eigenvalue weighted by Gasteiger charge is 2.16. The van der Waals surface area contributed by atoms with Crippen molar-refractivity contribution in [1.29, 1.82) is 0 Å². The van der Waals surface area contributed by atoms with Crippen LogP contribution in [0.1, 0.15) is 10.4 Å². The average Bonchev–Trinajstić information content (AvgIpc) is 2.33. The largest absolute Gasteiger partial charge is 0.507 e. The van der Waals surface area contributed by atoms with Crippen molar-refractivity contribution in [2.75, 3.05) is 5.32 Å². The molecule has 0 aliphatic rings. The molecule has 2 N–H and O–H groups in total. The van der Waals surface area contributed by atoms with Gasteiger partial charge in [-0.3, -0.25) is 4.79 Å². The van der Waals surface area contributed by atoms with Gasteiger partial charge in [-0.15, -0.1) is 0 Å². The Morgan fingerprint density at radius 3 is 2.37 bits per heavy atom. The third-order valence-electron chi connectivity index (χ3n) is 2.20. The van der Waals surface area contributed by atoms with E-state index < -0.39 is 5.91 Å². The van der Waals surface area contributed by atoms with Gasteiger partial charge in [-0.2, -0.15) is 0 Å². The summed E-state index contributed by atoms with van der Waals surface area (Å²) in [5.74, 6) is -0.859. The van der Waals surface area contributed by atoms with Crippen molar-refractivity contribution >= 4 is 46.4 Å². The Bertz CT molecular complexity index is 629. The van der Waals surface area contributed by atoms with Gasteiger partial charge in [0.25, 0.3) is 5.91 Å². The number of phenolic OH excluding ortho intramolecular Hbond substituents is 1. The van der Waals surface area contributed by atoms with E-state index in [1.54, 1.807) is 0 Å². The van der Waals surface area contributed by atoms with Gasteiger partial charge in [-0.1, -0.05) is 34.8 Å². The molecule has 1 aromatic carbocycles. The predicted molar refractivity (Wildman–Crippen MR) is 73.1 cm³/mol. The molecule has 98 valence electrons. The van der Waals surface area contributed by atoms with E-state index in [4.69, 9.17) is 34.8 Å². The second kappa shape index (κ2) is 5.61. The molecular formula is C11H6Cl3N3O2. The van der Waals surface area contributed by atoms with Crippen molar-refractivity contribution in [3.63, 3.8) is 0 Å². The van der Waals surface area contributed by atoms with Crippen LogP contribution in [0.2, 0.25) is 15.3 Å². The zero-order valence-electron chi connectivity index (χ0n) is 9.19. The number of aromatic hydroxyl groups is 1. The lowest BCUT2D eigenvalue weighted by molar-refractivity contribution is 0.102. The first-order chi connectivity index (χ1) is 8.99. The summed E-state index contributed by atoms with van der Waals surface area (Å²) >= 11 is 17.3. The fourth-order valence-corrected chi connectivity index (χ4v) is 1.90. The van der Waals surface area contributed by atoms with E-state index in [1.165, 1.54) is 24.5 Å². The zero-order valence-corrected chi connectivity index (χ0v) is 11.5. The Hall–Kier alpha value is -1.56. The molecule has 0 bridgehead atoms. The molecule has 2 rings (SSSR count). The maximum Gasteiger partial charge on any atom is 0.259 e. The predicted octanol–water partition coefficient (Wildman–Crippen LogP) is 3.39. The van der Waals surface area contributed by atoms with Gasteiger partial charge in [0, 0.05) is 5.02 Å². The maximum atomic E-state index is 12.0. The Morgan fingerprint density at radius 2 is 1.79 bits per heavy atom. The number of amides is 1. The van der Waals surface area contributed by atoms with E-state index in [0.717, 1.165) is 0 Å². The van der Waals surface area contributed by atoms with Crippen LogP contribution in [0.5, 0.6) is 5.75 Å². The van der Waals surface area contributed by atoms with Gasteiger partial charge >= 0.3 is 0 Å². The fourth-order valence-electron chi connectivity index (χ4n) is 1.33. The average molecular weight is 319 g/mol. The zero-order chi connectivity index (χ0) is 14.0. The Balaban J connectivity index is 2.31. The summed E-state index contributed by atoms with van der Waals surface area (Å²) in [6, 6.07) is 4.10. The molecule has 0 atom stereocenters. The minimum Gasteiger partial charge on any atom is -0.507 e. The molecule has 2 aromatic rings. The molecule has 19 heavy (non-hydrogen) atoms. The molecule has 5 nitrogen and oxygen atoms in total. The van der Waals surface area contributed by atoms with Gasteiger partial charge < -0.3 is 10.4 Å². The molecular weight excluding hydrogens is 312 g/mol. The summed E-state index contributed by atoms with van der Waals surface area (Å²) in [5.41, 5.74) is 0.102. The molecule has 0 spiro atoms. The number of carbonyl (C=O) groups is 1. The van der Waals surface area contributed by atoms with E-state index in [9.17, 15) is 9.90 Å². The highest BCUT2D eigenvalue weighted by molar-refractivity contribution is 6.38. The number of nitrogens with zero attached hydrogens (tertiary/aromatic N) is 2. The van der Waals surface area contributed by atoms with Crippen molar-refractivity contribution < 1.29 is 9.90 Å². The molecule has 0 aliphatic carbocycles. The normalized spacial score (nSPS) is 10.3. The quantitative estimate of drug-likeness (QED) is 0.832. The summed E-state index contributed by atoms with van der Waals surface area (Å²) in [6.45, 7) is 0. The second-order valence-corrected chi connectivity index (χ2v) is 4.60. The van der Waals surface area contributed by atoms with Crippen LogP contribution in [0, 0.1) is 0 Å². The molecule has 0 fully saturated rings. The lowest BCUT2D eigenvalue weighted by atomic mass is 10.2. The van der Waals surface area contributed by atoms with Crippen LogP contribution in [-0.2, 0) is 0 Å². The number of carbonyl (C=O) groups excluding carboxylic acids is 1. The molecule has 8 heteroatoms. The van der Waals surface area contributed by atoms with Crippen LogP contribution in [-0.4, -0.2) is 21.0 Å². The minimum absolute atomic E-state index is 0.00167. The summed E-state index contributed by atoms with van der Waals surface area (Å²) < 4.78 is 0. The SMILES string of the molecule is O=C(Nc1c(Cl)ncnc1Cl)c1ccc(Cl)cc1O. The number of halogens is 3. The Morgan fingerprint density at radius 1 is 1.16 bits per heavy atom. The molecule has 0 saturated carbocycles. The lowest BCUT2D eigenvalue weighted by Gasteiger charge is -2.08. The van der Waals surface area contributed by atoms with E-state index >= 15 is 0 Å². The monoisotopic (exact) mass is 317 g/mol. The van der Waals surface area contributed by atoms with Crippen LogP contribution in [0.3, 0.4) is 0 Å². The van der Waals surface area contributed by atoms with Crippen molar-refractivity contribution in [2.24, 2.45) is 0 Å². The van der Waals surface area contributed by atoms with Gasteiger partial charge in [0.05, 0.1) is 5.56 Å². The number of phenols is 1. The maximum absolute atomic E-state index is 12.0.